The first-order valence-electron chi connectivity index (χ1n) is 4.55. The van der Waals surface area contributed by atoms with Gasteiger partial charge >= 0.3 is 0 Å². The topological polar surface area (TPSA) is 29.1 Å². The van der Waals surface area contributed by atoms with Gasteiger partial charge in [0.25, 0.3) is 0 Å². The van der Waals surface area contributed by atoms with Gasteiger partial charge in [-0.2, -0.15) is 0 Å². The van der Waals surface area contributed by atoms with Crippen molar-refractivity contribution in [1.29, 1.82) is 0 Å². The summed E-state index contributed by atoms with van der Waals surface area (Å²) < 4.78 is 0. The van der Waals surface area contributed by atoms with Crippen molar-refractivity contribution in [2.45, 2.75) is 37.6 Å². The average Bonchev–Trinajstić information content (AvgIpc) is 2.62. The number of carbonyl (C=O) groups excluding carboxylic acids is 1. The van der Waals surface area contributed by atoms with Gasteiger partial charge in [0.05, 0.1) is 0 Å². The second kappa shape index (κ2) is 2.59. The van der Waals surface area contributed by atoms with Crippen molar-refractivity contribution in [2.24, 2.45) is 5.92 Å². The minimum atomic E-state index is 0.348. The van der Waals surface area contributed by atoms with E-state index >= 15 is 0 Å². The Kier molecular flexibility index (Phi) is 1.72. The molecule has 1 saturated heterocycles. The quantitative estimate of drug-likeness (QED) is 0.572. The first-order valence-corrected chi connectivity index (χ1v) is 4.55. The van der Waals surface area contributed by atoms with Gasteiger partial charge in [0, 0.05) is 11.5 Å². The summed E-state index contributed by atoms with van der Waals surface area (Å²) in [7, 11) is 0. The largest absolute Gasteiger partial charge is 0.311 e. The normalized spacial score (nSPS) is 43.5. The molecule has 0 aromatic rings. The molecule has 1 heterocycles. The van der Waals surface area contributed by atoms with E-state index in [1.54, 1.807) is 0 Å². The van der Waals surface area contributed by atoms with Crippen LogP contribution in [-0.4, -0.2) is 18.4 Å². The van der Waals surface area contributed by atoms with Crippen LogP contribution >= 0.6 is 0 Å². The maximum absolute atomic E-state index is 10.5. The van der Waals surface area contributed by atoms with E-state index in [4.69, 9.17) is 0 Å². The lowest BCUT2D eigenvalue weighted by Gasteiger charge is -2.22. The molecular formula is C9H15NO. The van der Waals surface area contributed by atoms with Crippen LogP contribution < -0.4 is 5.32 Å². The predicted octanol–water partition coefficient (Wildman–Crippen LogP) is 1.11. The third-order valence-electron chi connectivity index (χ3n) is 3.17. The van der Waals surface area contributed by atoms with Crippen LogP contribution in [0, 0.1) is 5.92 Å². The first kappa shape index (κ1) is 7.29. The molecule has 0 aromatic carbocycles. The Labute approximate surface area is 67.4 Å². The third-order valence-corrected chi connectivity index (χ3v) is 3.17. The summed E-state index contributed by atoms with van der Waals surface area (Å²) in [5.74, 6) is 0.348. The summed E-state index contributed by atoms with van der Waals surface area (Å²) in [6.07, 6.45) is 7.14. The highest BCUT2D eigenvalue weighted by molar-refractivity contribution is 5.54. The van der Waals surface area contributed by atoms with Crippen LogP contribution in [0.1, 0.15) is 32.1 Å². The molecule has 2 nitrogen and oxygen atoms in total. The lowest BCUT2D eigenvalue weighted by Crippen LogP contribution is -2.36. The summed E-state index contributed by atoms with van der Waals surface area (Å²) in [4.78, 5) is 10.5. The second-order valence-electron chi connectivity index (χ2n) is 3.95. The van der Waals surface area contributed by atoms with Crippen LogP contribution in [0.3, 0.4) is 0 Å². The molecule has 2 fully saturated rings. The van der Waals surface area contributed by atoms with Crippen LogP contribution in [0.25, 0.3) is 0 Å². The number of aldehydes is 1. The van der Waals surface area contributed by atoms with E-state index < -0.39 is 0 Å². The standard InChI is InChI=1S/C9H15NO/c11-7-8-2-4-9(6-8)3-1-5-10-9/h7-8,10H,1-6H2. The van der Waals surface area contributed by atoms with Gasteiger partial charge in [0.2, 0.25) is 0 Å². The van der Waals surface area contributed by atoms with Gasteiger partial charge < -0.3 is 10.1 Å². The van der Waals surface area contributed by atoms with Gasteiger partial charge in [-0.05, 0) is 38.6 Å². The van der Waals surface area contributed by atoms with Crippen molar-refractivity contribution in [1.82, 2.24) is 5.32 Å². The van der Waals surface area contributed by atoms with Crippen LogP contribution in [0.5, 0.6) is 0 Å². The summed E-state index contributed by atoms with van der Waals surface area (Å²) in [5, 5.41) is 3.54. The molecule has 2 rings (SSSR count). The van der Waals surface area contributed by atoms with Gasteiger partial charge in [-0.15, -0.1) is 0 Å². The fraction of sp³-hybridized carbons (Fsp3) is 0.889. The zero-order valence-corrected chi connectivity index (χ0v) is 6.81. The van der Waals surface area contributed by atoms with Crippen molar-refractivity contribution in [3.63, 3.8) is 0 Å². The van der Waals surface area contributed by atoms with Gasteiger partial charge in [-0.1, -0.05) is 0 Å². The van der Waals surface area contributed by atoms with E-state index in [9.17, 15) is 4.79 Å². The molecule has 2 unspecified atom stereocenters. The number of nitrogens with one attached hydrogen (secondary N) is 1. The number of hydrogen-bond donors (Lipinski definition) is 1. The molecule has 0 radical (unpaired) electrons. The Balaban J connectivity index is 2.01. The summed E-state index contributed by atoms with van der Waals surface area (Å²) >= 11 is 0. The van der Waals surface area contributed by atoms with Crippen LogP contribution in [0.15, 0.2) is 0 Å². The van der Waals surface area contributed by atoms with Crippen molar-refractivity contribution >= 4 is 6.29 Å². The maximum Gasteiger partial charge on any atom is 0.123 e. The number of carbonyl (C=O) groups is 1. The van der Waals surface area contributed by atoms with E-state index in [-0.39, 0.29) is 0 Å². The molecule has 0 bridgehead atoms. The van der Waals surface area contributed by atoms with Crippen LogP contribution in [0.4, 0.5) is 0 Å². The molecule has 0 aromatic heterocycles. The molecule has 2 heteroatoms. The van der Waals surface area contributed by atoms with E-state index in [0.29, 0.717) is 11.5 Å². The van der Waals surface area contributed by atoms with Crippen molar-refractivity contribution in [2.75, 3.05) is 6.54 Å². The molecule has 2 aliphatic rings. The highest BCUT2D eigenvalue weighted by Crippen LogP contribution is 2.39. The third kappa shape index (κ3) is 1.20. The highest BCUT2D eigenvalue weighted by Gasteiger charge is 2.40. The van der Waals surface area contributed by atoms with Gasteiger partial charge in [0.15, 0.2) is 0 Å². The molecular weight excluding hydrogens is 138 g/mol. The monoisotopic (exact) mass is 153 g/mol. The summed E-state index contributed by atoms with van der Waals surface area (Å²) in [5.41, 5.74) is 0.381. The molecule has 1 aliphatic carbocycles. The zero-order chi connectivity index (χ0) is 7.73. The molecule has 62 valence electrons. The first-order chi connectivity index (χ1) is 5.35. The Bertz CT molecular complexity index is 161. The molecule has 1 saturated carbocycles. The van der Waals surface area contributed by atoms with Gasteiger partial charge in [0.1, 0.15) is 6.29 Å². The average molecular weight is 153 g/mol. The van der Waals surface area contributed by atoms with Crippen LogP contribution in [-0.2, 0) is 4.79 Å². The SMILES string of the molecule is O=CC1CCC2(CCCN2)C1. The number of hydrogen-bond acceptors (Lipinski definition) is 2. The molecule has 1 spiro atoms. The van der Waals surface area contributed by atoms with Crippen molar-refractivity contribution < 1.29 is 4.79 Å². The molecule has 1 N–H and O–H groups in total. The summed E-state index contributed by atoms with van der Waals surface area (Å²) in [6, 6.07) is 0. The number of rotatable bonds is 1. The fourth-order valence-corrected chi connectivity index (χ4v) is 2.54. The molecule has 2 atom stereocenters. The highest BCUT2D eigenvalue weighted by atomic mass is 16.1. The Morgan fingerprint density at radius 1 is 1.45 bits per heavy atom. The minimum Gasteiger partial charge on any atom is -0.311 e. The lowest BCUT2D eigenvalue weighted by atomic mass is 9.95. The van der Waals surface area contributed by atoms with Crippen molar-refractivity contribution in [3.8, 4) is 0 Å². The maximum atomic E-state index is 10.5. The van der Waals surface area contributed by atoms with Gasteiger partial charge in [-0.25, -0.2) is 0 Å². The van der Waals surface area contributed by atoms with Gasteiger partial charge in [-0.3, -0.25) is 0 Å². The Morgan fingerprint density at radius 3 is 2.91 bits per heavy atom. The van der Waals surface area contributed by atoms with Crippen LogP contribution in [0.2, 0.25) is 0 Å². The molecule has 11 heavy (non-hydrogen) atoms. The molecule has 0 amide bonds. The molecule has 1 aliphatic heterocycles. The van der Waals surface area contributed by atoms with E-state index in [0.717, 1.165) is 25.7 Å². The Morgan fingerprint density at radius 2 is 2.36 bits per heavy atom. The fourth-order valence-electron chi connectivity index (χ4n) is 2.54. The smallest absolute Gasteiger partial charge is 0.123 e. The second-order valence-corrected chi connectivity index (χ2v) is 3.95. The van der Waals surface area contributed by atoms with E-state index in [1.165, 1.54) is 19.3 Å². The zero-order valence-electron chi connectivity index (χ0n) is 6.81. The van der Waals surface area contributed by atoms with E-state index in [2.05, 4.69) is 5.32 Å². The van der Waals surface area contributed by atoms with E-state index in [1.807, 2.05) is 0 Å². The minimum absolute atomic E-state index is 0.348. The predicted molar refractivity (Wildman–Crippen MR) is 43.4 cm³/mol. The Hall–Kier alpha value is -0.370. The summed E-state index contributed by atoms with van der Waals surface area (Å²) in [6.45, 7) is 1.16. The lowest BCUT2D eigenvalue weighted by molar-refractivity contribution is -0.111. The van der Waals surface area contributed by atoms with Crippen molar-refractivity contribution in [3.05, 3.63) is 0 Å².